The Hall–Kier alpha value is -3.40. The van der Waals surface area contributed by atoms with Crippen LogP contribution in [0.4, 0.5) is 36.4 Å². The van der Waals surface area contributed by atoms with Crippen LogP contribution in [0.15, 0.2) is 66.7 Å². The molecule has 0 radical (unpaired) electrons. The maximum Gasteiger partial charge on any atom is 0.573 e. The topological polar surface area (TPSA) is 61.4 Å². The van der Waals surface area contributed by atoms with Crippen LogP contribution in [-0.2, 0) is 9.22 Å². The fourth-order valence-corrected chi connectivity index (χ4v) is 4.51. The molecule has 0 saturated carbocycles. The lowest BCUT2D eigenvalue weighted by molar-refractivity contribution is -0.274. The average molecular weight is 609 g/mol. The molecule has 1 atom stereocenters. The van der Waals surface area contributed by atoms with Gasteiger partial charge in [0.05, 0.1) is 18.8 Å². The summed E-state index contributed by atoms with van der Waals surface area (Å²) in [6, 6.07) is 15.3. The van der Waals surface area contributed by atoms with Crippen LogP contribution in [-0.4, -0.2) is 45.7 Å². The summed E-state index contributed by atoms with van der Waals surface area (Å²) in [5, 5.41) is 0. The quantitative estimate of drug-likeness (QED) is 0.0581. The lowest BCUT2D eigenvalue weighted by atomic mass is 9.98. The summed E-state index contributed by atoms with van der Waals surface area (Å²) < 4.78 is 113. The minimum absolute atomic E-state index is 0.0147. The number of para-hydroxylation sites is 1. The van der Waals surface area contributed by atoms with Crippen LogP contribution in [0, 0.1) is 0 Å². The highest BCUT2D eigenvalue weighted by Gasteiger charge is 2.44. The number of hydrogen-bond donors (Lipinski definition) is 1. The van der Waals surface area contributed by atoms with Gasteiger partial charge in [-0.25, -0.2) is 9.61 Å². The molecular formula is C26H23F7N2O5S. The monoisotopic (exact) mass is 608 g/mol. The van der Waals surface area contributed by atoms with Crippen molar-refractivity contribution in [3.8, 4) is 28.4 Å². The minimum Gasteiger partial charge on any atom is -0.488 e. The molecule has 7 nitrogen and oxygen atoms in total. The van der Waals surface area contributed by atoms with Crippen LogP contribution in [0.25, 0.3) is 11.1 Å². The zero-order valence-corrected chi connectivity index (χ0v) is 22.0. The second-order valence-corrected chi connectivity index (χ2v) is 9.09. The molecule has 0 aliphatic carbocycles. The van der Waals surface area contributed by atoms with Gasteiger partial charge in [-0.3, -0.25) is 0 Å². The van der Waals surface area contributed by atoms with E-state index in [1.807, 2.05) is 4.90 Å². The maximum atomic E-state index is 13.6. The second kappa shape index (κ2) is 13.1. The molecule has 0 fully saturated rings. The number of rotatable bonds is 12. The molecule has 4 rings (SSSR count). The van der Waals surface area contributed by atoms with Gasteiger partial charge in [0.2, 0.25) is 0 Å². The van der Waals surface area contributed by atoms with Crippen LogP contribution in [0.1, 0.15) is 11.6 Å². The third-order valence-electron chi connectivity index (χ3n) is 5.81. The van der Waals surface area contributed by atoms with Crippen molar-refractivity contribution in [1.82, 2.24) is 4.72 Å². The molecule has 1 aliphatic heterocycles. The van der Waals surface area contributed by atoms with E-state index in [0.29, 0.717) is 41.2 Å². The first-order chi connectivity index (χ1) is 19.5. The third-order valence-corrected chi connectivity index (χ3v) is 6.34. The van der Waals surface area contributed by atoms with E-state index in [2.05, 4.69) is 19.1 Å². The van der Waals surface area contributed by atoms with Gasteiger partial charge < -0.3 is 19.1 Å². The molecule has 15 heteroatoms. The average Bonchev–Trinajstić information content (AvgIpc) is 2.91. The van der Waals surface area contributed by atoms with Crippen LogP contribution in [0.5, 0.6) is 17.2 Å². The summed E-state index contributed by atoms with van der Waals surface area (Å²) in [5.41, 5.74) is 1.86. The van der Waals surface area contributed by atoms with E-state index < -0.39 is 36.4 Å². The molecular weight excluding hydrogens is 585 g/mol. The van der Waals surface area contributed by atoms with Crippen LogP contribution in [0.2, 0.25) is 0 Å². The second-order valence-electron chi connectivity index (χ2n) is 8.50. The first-order valence-corrected chi connectivity index (χ1v) is 12.7. The van der Waals surface area contributed by atoms with Gasteiger partial charge in [-0.15, -0.1) is 17.5 Å². The molecule has 3 aromatic rings. The first-order valence-electron chi connectivity index (χ1n) is 11.9. The summed E-state index contributed by atoms with van der Waals surface area (Å²) in [4.78, 5) is 6.39. The molecule has 1 unspecified atom stereocenters. The maximum absolute atomic E-state index is 13.6. The summed E-state index contributed by atoms with van der Waals surface area (Å²) in [6.45, 7) is 0.613. The standard InChI is InChI=1S/C26H23F7N2O5S/c1-36-40-41-34-11-12-35-21-10-4-9-20(16-5-2-8-19(13-16)39-26(31,32)33)23(21)37-15-22(35)17-6-3-7-18(14-17)38-25(29,30)24(27)28/h2-10,13-14,22,24,34H,11-12,15H2,1H3. The molecule has 1 N–H and O–H groups in total. The number of fused-ring (bicyclic) bond motifs is 1. The Bertz CT molecular complexity index is 1320. The summed E-state index contributed by atoms with van der Waals surface area (Å²) >= 11 is 0.827. The SMILES string of the molecule is COOSNCCN1c2cccc(-c3cccc(OC(F)(F)F)c3)c2OCC1c1cccc(OC(F)(F)C(F)F)c1. The van der Waals surface area contributed by atoms with Crippen molar-refractivity contribution in [2.24, 2.45) is 0 Å². The summed E-state index contributed by atoms with van der Waals surface area (Å²) in [6.07, 6.45) is -13.6. The number of alkyl halides is 7. The highest BCUT2D eigenvalue weighted by molar-refractivity contribution is 7.92. The number of ether oxygens (including phenoxy) is 3. The van der Waals surface area contributed by atoms with Gasteiger partial charge in [-0.1, -0.05) is 36.4 Å². The van der Waals surface area contributed by atoms with Crippen LogP contribution < -0.4 is 23.8 Å². The summed E-state index contributed by atoms with van der Waals surface area (Å²) in [5.74, 6) is -0.503. The number of benzene rings is 3. The first kappa shape index (κ1) is 30.6. The van der Waals surface area contributed by atoms with E-state index in [1.54, 1.807) is 30.3 Å². The molecule has 3 aromatic carbocycles. The van der Waals surface area contributed by atoms with Crippen molar-refractivity contribution in [3.05, 3.63) is 72.3 Å². The van der Waals surface area contributed by atoms with Crippen molar-refractivity contribution < 1.29 is 54.2 Å². The molecule has 0 aromatic heterocycles. The van der Waals surface area contributed by atoms with Crippen LogP contribution >= 0.6 is 12.2 Å². The molecule has 1 aliphatic rings. The molecule has 1 heterocycles. The van der Waals surface area contributed by atoms with E-state index in [0.717, 1.165) is 18.3 Å². The number of hydrogen-bond acceptors (Lipinski definition) is 8. The van der Waals surface area contributed by atoms with Gasteiger partial charge in [0, 0.05) is 18.7 Å². The Morgan fingerprint density at radius 3 is 2.39 bits per heavy atom. The largest absolute Gasteiger partial charge is 0.573 e. The molecule has 0 bridgehead atoms. The molecule has 0 saturated heterocycles. The number of nitrogens with one attached hydrogen (secondary N) is 1. The van der Waals surface area contributed by atoms with E-state index >= 15 is 0 Å². The van der Waals surface area contributed by atoms with Crippen LogP contribution in [0.3, 0.4) is 0 Å². The molecule has 41 heavy (non-hydrogen) atoms. The smallest absolute Gasteiger partial charge is 0.488 e. The summed E-state index contributed by atoms with van der Waals surface area (Å²) in [7, 11) is 1.33. The molecule has 222 valence electrons. The Morgan fingerprint density at radius 2 is 1.68 bits per heavy atom. The van der Waals surface area contributed by atoms with E-state index in [-0.39, 0.29) is 6.61 Å². The third kappa shape index (κ3) is 7.87. The lowest BCUT2D eigenvalue weighted by Gasteiger charge is -2.40. The normalized spacial score (nSPS) is 15.4. The van der Waals surface area contributed by atoms with Gasteiger partial charge in [-0.05, 0) is 41.5 Å². The van der Waals surface area contributed by atoms with Crippen molar-refractivity contribution in [2.45, 2.75) is 24.9 Å². The van der Waals surface area contributed by atoms with Gasteiger partial charge in [0.1, 0.15) is 30.3 Å². The van der Waals surface area contributed by atoms with Crippen molar-refractivity contribution in [3.63, 3.8) is 0 Å². The van der Waals surface area contributed by atoms with Gasteiger partial charge in [0.15, 0.2) is 5.75 Å². The van der Waals surface area contributed by atoms with E-state index in [1.165, 1.54) is 37.4 Å². The van der Waals surface area contributed by atoms with Gasteiger partial charge in [-0.2, -0.15) is 17.6 Å². The Morgan fingerprint density at radius 1 is 0.976 bits per heavy atom. The predicted octanol–water partition coefficient (Wildman–Crippen LogP) is 7.16. The van der Waals surface area contributed by atoms with Gasteiger partial charge in [0.25, 0.3) is 0 Å². The number of halogens is 7. The zero-order valence-electron chi connectivity index (χ0n) is 21.2. The number of nitrogens with zero attached hydrogens (tertiary/aromatic N) is 1. The molecule has 0 amide bonds. The highest BCUT2D eigenvalue weighted by atomic mass is 32.2. The fraction of sp³-hybridized carbons (Fsp3) is 0.308. The Kier molecular flexibility index (Phi) is 9.73. The number of anilines is 1. The zero-order chi connectivity index (χ0) is 29.6. The highest BCUT2D eigenvalue weighted by Crippen LogP contribution is 2.46. The lowest BCUT2D eigenvalue weighted by Crippen LogP contribution is -2.40. The van der Waals surface area contributed by atoms with E-state index in [9.17, 15) is 30.7 Å². The minimum atomic E-state index is -4.87. The van der Waals surface area contributed by atoms with E-state index in [4.69, 9.17) is 9.07 Å². The van der Waals surface area contributed by atoms with Crippen molar-refractivity contribution >= 4 is 17.9 Å². The van der Waals surface area contributed by atoms with Gasteiger partial charge >= 0.3 is 18.9 Å². The van der Waals surface area contributed by atoms with Crippen molar-refractivity contribution in [2.75, 3.05) is 31.7 Å². The fourth-order valence-electron chi connectivity index (χ4n) is 4.22. The molecule has 0 spiro atoms. The Balaban J connectivity index is 1.68. The predicted molar refractivity (Wildman–Crippen MR) is 136 cm³/mol. The Labute approximate surface area is 234 Å². The van der Waals surface area contributed by atoms with Crippen molar-refractivity contribution in [1.29, 1.82) is 0 Å².